The topological polar surface area (TPSA) is 94.1 Å². The predicted molar refractivity (Wildman–Crippen MR) is 92.8 cm³/mol. The van der Waals surface area contributed by atoms with Crippen molar-refractivity contribution in [1.29, 1.82) is 0 Å². The van der Waals surface area contributed by atoms with E-state index in [2.05, 4.69) is 5.32 Å². The van der Waals surface area contributed by atoms with Crippen LogP contribution in [0.1, 0.15) is 45.7 Å². The van der Waals surface area contributed by atoms with Gasteiger partial charge >= 0.3 is 12.1 Å². The molecular formula is C18H27NO6. The molecule has 7 nitrogen and oxygen atoms in total. The highest BCUT2D eigenvalue weighted by atomic mass is 16.6. The van der Waals surface area contributed by atoms with E-state index in [0.29, 0.717) is 6.61 Å². The second-order valence-corrected chi connectivity index (χ2v) is 6.53. The number of carboxylic acids is 1. The van der Waals surface area contributed by atoms with E-state index in [1.54, 1.807) is 45.0 Å². The first-order valence-corrected chi connectivity index (χ1v) is 8.23. The van der Waals surface area contributed by atoms with Crippen LogP contribution in [0.25, 0.3) is 0 Å². The highest BCUT2D eigenvalue weighted by Crippen LogP contribution is 2.19. The first kappa shape index (κ1) is 20.8. The Labute approximate surface area is 148 Å². The van der Waals surface area contributed by atoms with Crippen molar-refractivity contribution < 1.29 is 28.9 Å². The monoisotopic (exact) mass is 353 g/mol. The number of hydrogen-bond acceptors (Lipinski definition) is 5. The summed E-state index contributed by atoms with van der Waals surface area (Å²) in [5.74, 6) is -0.340. The van der Waals surface area contributed by atoms with Gasteiger partial charge in [0.2, 0.25) is 0 Å². The van der Waals surface area contributed by atoms with Crippen LogP contribution in [-0.4, -0.2) is 42.6 Å². The quantitative estimate of drug-likeness (QED) is 0.708. The molecule has 2 N–H and O–H groups in total. The second kappa shape index (κ2) is 9.88. The van der Waals surface area contributed by atoms with Gasteiger partial charge in [0, 0.05) is 0 Å². The summed E-state index contributed by atoms with van der Waals surface area (Å²) in [7, 11) is 0. The third-order valence-corrected chi connectivity index (χ3v) is 2.96. The summed E-state index contributed by atoms with van der Waals surface area (Å²) in [6.07, 6.45) is 0.316. The van der Waals surface area contributed by atoms with Gasteiger partial charge in [-0.3, -0.25) is 0 Å². The molecule has 1 unspecified atom stereocenters. The van der Waals surface area contributed by atoms with Crippen molar-refractivity contribution in [2.45, 2.75) is 45.8 Å². The summed E-state index contributed by atoms with van der Waals surface area (Å²) in [5.41, 5.74) is 0.133. The lowest BCUT2D eigenvalue weighted by atomic mass is 10.1. The molecule has 0 heterocycles. The van der Waals surface area contributed by atoms with Crippen LogP contribution in [0, 0.1) is 0 Å². The molecule has 140 valence electrons. The second-order valence-electron chi connectivity index (χ2n) is 6.53. The molecule has 1 aromatic rings. The first-order chi connectivity index (χ1) is 11.7. The number of benzene rings is 1. The van der Waals surface area contributed by atoms with E-state index in [4.69, 9.17) is 19.3 Å². The zero-order valence-corrected chi connectivity index (χ0v) is 15.2. The Balaban J connectivity index is 2.78. The molecule has 0 radical (unpaired) electrons. The van der Waals surface area contributed by atoms with Crippen LogP contribution in [0.4, 0.5) is 4.79 Å². The minimum atomic E-state index is -1.07. The van der Waals surface area contributed by atoms with Gasteiger partial charge in [-0.1, -0.05) is 19.1 Å². The Bertz CT molecular complexity index is 550. The fourth-order valence-electron chi connectivity index (χ4n) is 1.95. The largest absolute Gasteiger partial charge is 0.494 e. The Morgan fingerprint density at radius 3 is 2.36 bits per heavy atom. The lowest BCUT2D eigenvalue weighted by molar-refractivity contribution is -0.142. The van der Waals surface area contributed by atoms with Gasteiger partial charge in [-0.25, -0.2) is 9.59 Å². The van der Waals surface area contributed by atoms with Gasteiger partial charge in [-0.15, -0.1) is 0 Å². The summed E-state index contributed by atoms with van der Waals surface area (Å²) >= 11 is 0. The molecule has 1 atom stereocenters. The number of ether oxygens (including phenoxy) is 3. The molecule has 0 spiro atoms. The van der Waals surface area contributed by atoms with Crippen molar-refractivity contribution in [2.24, 2.45) is 0 Å². The minimum Gasteiger partial charge on any atom is -0.494 e. The molecule has 0 bridgehead atoms. The summed E-state index contributed by atoms with van der Waals surface area (Å²) in [6.45, 7) is 7.52. The molecule has 0 fully saturated rings. The molecule has 0 aromatic heterocycles. The molecular weight excluding hydrogens is 326 g/mol. The lowest BCUT2D eigenvalue weighted by Crippen LogP contribution is -2.37. The fraction of sp³-hybridized carbons (Fsp3) is 0.556. The molecule has 0 saturated heterocycles. The van der Waals surface area contributed by atoms with E-state index in [0.717, 1.165) is 17.7 Å². The maximum absolute atomic E-state index is 12.0. The smallest absolute Gasteiger partial charge is 0.408 e. The molecule has 0 aliphatic carbocycles. The van der Waals surface area contributed by atoms with Crippen molar-refractivity contribution in [2.75, 3.05) is 19.8 Å². The van der Waals surface area contributed by atoms with Crippen LogP contribution in [0.2, 0.25) is 0 Å². The molecule has 1 aromatic carbocycles. The normalized spacial score (nSPS) is 12.3. The van der Waals surface area contributed by atoms with E-state index in [1.165, 1.54) is 0 Å². The van der Waals surface area contributed by atoms with Gasteiger partial charge in [0.05, 0.1) is 19.3 Å². The molecule has 1 rings (SSSR count). The third kappa shape index (κ3) is 8.95. The zero-order chi connectivity index (χ0) is 18.9. The van der Waals surface area contributed by atoms with E-state index in [9.17, 15) is 9.59 Å². The van der Waals surface area contributed by atoms with Gasteiger partial charge < -0.3 is 24.6 Å². The molecule has 7 heteroatoms. The van der Waals surface area contributed by atoms with Crippen LogP contribution in [-0.2, 0) is 14.3 Å². The van der Waals surface area contributed by atoms with E-state index in [-0.39, 0.29) is 6.61 Å². The standard InChI is InChI=1S/C18H27NO6/c1-5-10-24-14-8-6-13(7-9-14)15(11-23-12-16(20)21)19-17(22)25-18(2,3)4/h6-9,15H,5,10-12H2,1-4H3,(H,19,22)(H,20,21). The van der Waals surface area contributed by atoms with Crippen molar-refractivity contribution in [1.82, 2.24) is 5.32 Å². The summed E-state index contributed by atoms with van der Waals surface area (Å²) in [5, 5.41) is 11.4. The summed E-state index contributed by atoms with van der Waals surface area (Å²) in [4.78, 5) is 22.6. The zero-order valence-electron chi connectivity index (χ0n) is 15.2. The van der Waals surface area contributed by atoms with Crippen LogP contribution >= 0.6 is 0 Å². The van der Waals surface area contributed by atoms with E-state index >= 15 is 0 Å². The van der Waals surface area contributed by atoms with Gasteiger partial charge in [0.25, 0.3) is 0 Å². The molecule has 0 saturated carbocycles. The Kier molecular flexibility index (Phi) is 8.21. The summed E-state index contributed by atoms with van der Waals surface area (Å²) in [6, 6.07) is 6.67. The Morgan fingerprint density at radius 2 is 1.84 bits per heavy atom. The Hall–Kier alpha value is -2.28. The number of rotatable bonds is 9. The summed E-state index contributed by atoms with van der Waals surface area (Å²) < 4.78 is 15.9. The van der Waals surface area contributed by atoms with Gasteiger partial charge in [0.1, 0.15) is 18.0 Å². The van der Waals surface area contributed by atoms with Gasteiger partial charge in [0.15, 0.2) is 0 Å². The Morgan fingerprint density at radius 1 is 1.20 bits per heavy atom. The van der Waals surface area contributed by atoms with Crippen LogP contribution in [0.15, 0.2) is 24.3 Å². The van der Waals surface area contributed by atoms with Gasteiger partial charge in [-0.2, -0.15) is 0 Å². The highest BCUT2D eigenvalue weighted by molar-refractivity contribution is 5.69. The minimum absolute atomic E-state index is 0.0146. The van der Waals surface area contributed by atoms with Crippen molar-refractivity contribution in [3.05, 3.63) is 29.8 Å². The number of aliphatic carboxylic acids is 1. The average Bonchev–Trinajstić information content (AvgIpc) is 2.50. The van der Waals surface area contributed by atoms with Gasteiger partial charge in [-0.05, 0) is 44.9 Å². The third-order valence-electron chi connectivity index (χ3n) is 2.96. The molecule has 25 heavy (non-hydrogen) atoms. The number of carboxylic acid groups (broad SMARTS) is 1. The van der Waals surface area contributed by atoms with E-state index < -0.39 is 30.3 Å². The van der Waals surface area contributed by atoms with Crippen molar-refractivity contribution in [3.8, 4) is 5.75 Å². The number of carbonyl (C=O) groups is 2. The van der Waals surface area contributed by atoms with Crippen molar-refractivity contribution >= 4 is 12.1 Å². The number of nitrogens with one attached hydrogen (secondary N) is 1. The fourth-order valence-corrected chi connectivity index (χ4v) is 1.95. The van der Waals surface area contributed by atoms with Crippen LogP contribution < -0.4 is 10.1 Å². The first-order valence-electron chi connectivity index (χ1n) is 8.23. The lowest BCUT2D eigenvalue weighted by Gasteiger charge is -2.24. The number of carbonyl (C=O) groups excluding carboxylic acids is 1. The van der Waals surface area contributed by atoms with Crippen LogP contribution in [0.3, 0.4) is 0 Å². The van der Waals surface area contributed by atoms with Crippen molar-refractivity contribution in [3.63, 3.8) is 0 Å². The SMILES string of the molecule is CCCOc1ccc(C(COCC(=O)O)NC(=O)OC(C)(C)C)cc1. The molecule has 1 amide bonds. The molecule has 0 aliphatic rings. The number of hydrogen-bond donors (Lipinski definition) is 2. The average molecular weight is 353 g/mol. The van der Waals surface area contributed by atoms with E-state index in [1.807, 2.05) is 6.92 Å². The number of amides is 1. The molecule has 0 aliphatic heterocycles. The predicted octanol–water partition coefficient (Wildman–Crippen LogP) is 3.14. The highest BCUT2D eigenvalue weighted by Gasteiger charge is 2.21. The maximum atomic E-state index is 12.0. The van der Waals surface area contributed by atoms with Crippen LogP contribution in [0.5, 0.6) is 5.75 Å². The maximum Gasteiger partial charge on any atom is 0.408 e. The number of alkyl carbamates (subject to hydrolysis) is 1.